The molecule has 8 heteroatoms. The summed E-state index contributed by atoms with van der Waals surface area (Å²) in [5, 5.41) is 19.0. The van der Waals surface area contributed by atoms with Crippen molar-refractivity contribution in [1.82, 2.24) is 10.2 Å². The lowest BCUT2D eigenvalue weighted by atomic mass is 10.1. The van der Waals surface area contributed by atoms with Crippen molar-refractivity contribution in [2.75, 3.05) is 0 Å². The zero-order chi connectivity index (χ0) is 15.5. The van der Waals surface area contributed by atoms with E-state index in [0.29, 0.717) is 16.9 Å². The maximum atomic E-state index is 10.8. The van der Waals surface area contributed by atoms with Gasteiger partial charge in [0.1, 0.15) is 0 Å². The highest BCUT2D eigenvalue weighted by atomic mass is 32.2. The van der Waals surface area contributed by atoms with Gasteiger partial charge in [0, 0.05) is 17.4 Å². The molecular weight excluding hydrogens is 306 g/mol. The number of rotatable bonds is 5. The molecule has 112 valence electrons. The smallest absolute Gasteiger partial charge is 0.284 e. The molecule has 22 heavy (non-hydrogen) atoms. The molecule has 0 aliphatic heterocycles. The summed E-state index contributed by atoms with van der Waals surface area (Å²) in [6.07, 6.45) is 1.53. The Balaban J connectivity index is 1.75. The van der Waals surface area contributed by atoms with Crippen LogP contribution in [0.15, 0.2) is 56.7 Å². The standard InChI is InChI=1S/C14H11N3O4S/c1-9(10-4-2-5-11(8-10)17(18)19)22-14-16-15-13(21-14)12-6-3-7-20-12/h2-9H,1H3/t9-/m1/s1. The Bertz CT molecular complexity index is 785. The van der Waals surface area contributed by atoms with Gasteiger partial charge in [-0.05, 0) is 24.6 Å². The fraction of sp³-hybridized carbons (Fsp3) is 0.143. The van der Waals surface area contributed by atoms with Crippen molar-refractivity contribution in [3.05, 3.63) is 58.3 Å². The quantitative estimate of drug-likeness (QED) is 0.397. The highest BCUT2D eigenvalue weighted by Crippen LogP contribution is 2.36. The van der Waals surface area contributed by atoms with Crippen molar-refractivity contribution < 1.29 is 13.8 Å². The molecule has 1 atom stereocenters. The Kier molecular flexibility index (Phi) is 3.92. The largest absolute Gasteiger partial charge is 0.459 e. The molecule has 0 fully saturated rings. The second kappa shape index (κ2) is 6.02. The SMILES string of the molecule is C[C@@H](Sc1nnc(-c2ccco2)o1)c1cccc([N+](=O)[O-])c1. The molecule has 0 saturated heterocycles. The lowest BCUT2D eigenvalue weighted by molar-refractivity contribution is -0.384. The van der Waals surface area contributed by atoms with Crippen LogP contribution in [-0.2, 0) is 0 Å². The number of nitro benzene ring substituents is 1. The zero-order valence-electron chi connectivity index (χ0n) is 11.5. The van der Waals surface area contributed by atoms with Crippen LogP contribution in [0.4, 0.5) is 5.69 Å². The number of benzene rings is 1. The number of aromatic nitrogens is 2. The molecule has 1 aromatic carbocycles. The zero-order valence-corrected chi connectivity index (χ0v) is 12.3. The van der Waals surface area contributed by atoms with E-state index in [4.69, 9.17) is 8.83 Å². The van der Waals surface area contributed by atoms with Crippen molar-refractivity contribution in [3.8, 4) is 11.7 Å². The number of nitro groups is 1. The summed E-state index contributed by atoms with van der Waals surface area (Å²) in [6, 6.07) is 9.95. The van der Waals surface area contributed by atoms with E-state index >= 15 is 0 Å². The molecule has 0 radical (unpaired) electrons. The van der Waals surface area contributed by atoms with Gasteiger partial charge < -0.3 is 8.83 Å². The van der Waals surface area contributed by atoms with Gasteiger partial charge in [-0.3, -0.25) is 10.1 Å². The second-order valence-electron chi connectivity index (χ2n) is 4.46. The summed E-state index contributed by atoms with van der Waals surface area (Å²) in [4.78, 5) is 10.4. The Labute approximate surface area is 129 Å². The molecular formula is C14H11N3O4S. The van der Waals surface area contributed by atoms with E-state index in [0.717, 1.165) is 5.56 Å². The van der Waals surface area contributed by atoms with Gasteiger partial charge in [0.2, 0.25) is 0 Å². The van der Waals surface area contributed by atoms with Crippen LogP contribution in [0.1, 0.15) is 17.7 Å². The van der Waals surface area contributed by atoms with Crippen molar-refractivity contribution in [2.24, 2.45) is 0 Å². The van der Waals surface area contributed by atoms with Crippen LogP contribution in [0, 0.1) is 10.1 Å². The van der Waals surface area contributed by atoms with Gasteiger partial charge in [0.15, 0.2) is 5.76 Å². The molecule has 2 heterocycles. The highest BCUT2D eigenvalue weighted by molar-refractivity contribution is 7.99. The normalized spacial score (nSPS) is 12.2. The highest BCUT2D eigenvalue weighted by Gasteiger charge is 2.17. The Morgan fingerprint density at radius 3 is 2.86 bits per heavy atom. The van der Waals surface area contributed by atoms with Gasteiger partial charge in [-0.2, -0.15) is 0 Å². The van der Waals surface area contributed by atoms with Gasteiger partial charge in [0.25, 0.3) is 16.8 Å². The average Bonchev–Trinajstić information content (AvgIpc) is 3.18. The molecule has 0 saturated carbocycles. The molecule has 0 amide bonds. The van der Waals surface area contributed by atoms with Crippen LogP contribution in [0.5, 0.6) is 0 Å². The molecule has 0 aliphatic rings. The minimum Gasteiger partial charge on any atom is -0.459 e. The van der Waals surface area contributed by atoms with Crippen LogP contribution in [0.25, 0.3) is 11.7 Å². The van der Waals surface area contributed by atoms with Crippen molar-refractivity contribution in [3.63, 3.8) is 0 Å². The fourth-order valence-corrected chi connectivity index (χ4v) is 2.67. The molecule has 0 spiro atoms. The van der Waals surface area contributed by atoms with Gasteiger partial charge in [0.05, 0.1) is 11.2 Å². The maximum absolute atomic E-state index is 10.8. The molecule has 0 bridgehead atoms. The minimum absolute atomic E-state index is 0.0618. The number of non-ortho nitro benzene ring substituents is 1. The first-order valence-electron chi connectivity index (χ1n) is 6.42. The monoisotopic (exact) mass is 317 g/mol. The lowest BCUT2D eigenvalue weighted by Gasteiger charge is -2.07. The summed E-state index contributed by atoms with van der Waals surface area (Å²) >= 11 is 1.33. The maximum Gasteiger partial charge on any atom is 0.284 e. The third kappa shape index (κ3) is 3.01. The molecule has 0 N–H and O–H groups in total. The predicted molar refractivity (Wildman–Crippen MR) is 79.4 cm³/mol. The van der Waals surface area contributed by atoms with E-state index in [1.807, 2.05) is 13.0 Å². The van der Waals surface area contributed by atoms with Gasteiger partial charge in [-0.1, -0.05) is 23.9 Å². The summed E-state index contributed by atoms with van der Waals surface area (Å²) < 4.78 is 10.7. The topological polar surface area (TPSA) is 95.2 Å². The first-order chi connectivity index (χ1) is 10.6. The van der Waals surface area contributed by atoms with Crippen LogP contribution < -0.4 is 0 Å². The predicted octanol–water partition coefficient (Wildman–Crippen LogP) is 4.09. The summed E-state index contributed by atoms with van der Waals surface area (Å²) in [5.74, 6) is 0.807. The van der Waals surface area contributed by atoms with E-state index in [9.17, 15) is 10.1 Å². The van der Waals surface area contributed by atoms with E-state index in [1.54, 1.807) is 24.3 Å². The average molecular weight is 317 g/mol. The molecule has 3 rings (SSSR count). The summed E-state index contributed by atoms with van der Waals surface area (Å²) in [5.41, 5.74) is 0.878. The third-order valence-corrected chi connectivity index (χ3v) is 3.96. The number of thioether (sulfide) groups is 1. The molecule has 3 aromatic rings. The van der Waals surface area contributed by atoms with E-state index in [-0.39, 0.29) is 10.9 Å². The number of hydrogen-bond acceptors (Lipinski definition) is 7. The lowest BCUT2D eigenvalue weighted by Crippen LogP contribution is -1.92. The van der Waals surface area contributed by atoms with Gasteiger partial charge in [-0.25, -0.2) is 0 Å². The minimum atomic E-state index is -0.414. The second-order valence-corrected chi connectivity index (χ2v) is 5.75. The molecule has 0 aliphatic carbocycles. The number of nitrogens with zero attached hydrogens (tertiary/aromatic N) is 3. The Morgan fingerprint density at radius 2 is 2.14 bits per heavy atom. The third-order valence-electron chi connectivity index (χ3n) is 2.97. The van der Waals surface area contributed by atoms with Crippen LogP contribution in [0.2, 0.25) is 0 Å². The van der Waals surface area contributed by atoms with Crippen molar-refractivity contribution >= 4 is 17.4 Å². The number of hydrogen-bond donors (Lipinski definition) is 0. The van der Waals surface area contributed by atoms with Gasteiger partial charge >= 0.3 is 0 Å². The fourth-order valence-electron chi connectivity index (χ4n) is 1.87. The van der Waals surface area contributed by atoms with E-state index in [2.05, 4.69) is 10.2 Å². The number of furan rings is 1. The Morgan fingerprint density at radius 1 is 1.27 bits per heavy atom. The van der Waals surface area contributed by atoms with Crippen LogP contribution in [-0.4, -0.2) is 15.1 Å². The first kappa shape index (κ1) is 14.3. The summed E-state index contributed by atoms with van der Waals surface area (Å²) in [7, 11) is 0. The first-order valence-corrected chi connectivity index (χ1v) is 7.30. The van der Waals surface area contributed by atoms with Crippen molar-refractivity contribution in [2.45, 2.75) is 17.4 Å². The van der Waals surface area contributed by atoms with Crippen LogP contribution >= 0.6 is 11.8 Å². The van der Waals surface area contributed by atoms with E-state index in [1.165, 1.54) is 24.1 Å². The van der Waals surface area contributed by atoms with Crippen molar-refractivity contribution in [1.29, 1.82) is 0 Å². The van der Waals surface area contributed by atoms with Crippen LogP contribution in [0.3, 0.4) is 0 Å². The van der Waals surface area contributed by atoms with Gasteiger partial charge in [-0.15, -0.1) is 10.2 Å². The molecule has 0 unspecified atom stereocenters. The van der Waals surface area contributed by atoms with E-state index < -0.39 is 4.92 Å². The molecule has 2 aromatic heterocycles. The summed E-state index contributed by atoms with van der Waals surface area (Å²) in [6.45, 7) is 1.92. The molecule has 7 nitrogen and oxygen atoms in total. The Hall–Kier alpha value is -2.61.